The van der Waals surface area contributed by atoms with Crippen LogP contribution in [0.4, 0.5) is 4.39 Å². The number of hydrogen-bond acceptors (Lipinski definition) is 4. The summed E-state index contributed by atoms with van der Waals surface area (Å²) in [6.45, 7) is 0. The lowest BCUT2D eigenvalue weighted by Crippen LogP contribution is -2.35. The Hall–Kier alpha value is -2.34. The van der Waals surface area contributed by atoms with Crippen LogP contribution in [0.1, 0.15) is 40.0 Å². The minimum Gasteiger partial charge on any atom is -0.294 e. The van der Waals surface area contributed by atoms with E-state index in [2.05, 4.69) is 0 Å². The van der Waals surface area contributed by atoms with Crippen LogP contribution in [0.2, 0.25) is 0 Å². The van der Waals surface area contributed by atoms with Gasteiger partial charge in [-0.2, -0.15) is 0 Å². The maximum absolute atomic E-state index is 13.2. The molecule has 2 aromatic carbocycles. The molecule has 2 saturated carbocycles. The molecule has 0 aliphatic heterocycles. The highest BCUT2D eigenvalue weighted by atomic mass is 32.2. The third-order valence-electron chi connectivity index (χ3n) is 6.22. The maximum atomic E-state index is 13.2. The first-order valence-electron chi connectivity index (χ1n) is 9.40. The van der Waals surface area contributed by atoms with E-state index in [0.717, 1.165) is 25.5 Å². The number of halogens is 1. The van der Waals surface area contributed by atoms with Crippen molar-refractivity contribution in [2.24, 2.45) is 23.7 Å². The Morgan fingerprint density at radius 2 is 1.25 bits per heavy atom. The highest BCUT2D eigenvalue weighted by Crippen LogP contribution is 2.54. The van der Waals surface area contributed by atoms with Crippen molar-refractivity contribution in [3.05, 3.63) is 65.5 Å². The Balaban J connectivity index is 1.64. The molecule has 2 bridgehead atoms. The van der Waals surface area contributed by atoms with Crippen molar-refractivity contribution in [1.82, 2.24) is 0 Å². The van der Waals surface area contributed by atoms with Gasteiger partial charge in [0, 0.05) is 29.2 Å². The number of benzene rings is 2. The predicted molar refractivity (Wildman–Crippen MR) is 102 cm³/mol. The SMILES string of the molecule is CS(=O)(=O)c1ccc(C(=O)C2C3CCC(C3)C2C(=O)c2ccc(F)cc2)cc1. The van der Waals surface area contributed by atoms with Gasteiger partial charge >= 0.3 is 0 Å². The Labute approximate surface area is 163 Å². The average Bonchev–Trinajstić information content (AvgIpc) is 3.28. The second-order valence-corrected chi connectivity index (χ2v) is 9.93. The summed E-state index contributed by atoms with van der Waals surface area (Å²) >= 11 is 0. The van der Waals surface area contributed by atoms with Crippen LogP contribution in [0.5, 0.6) is 0 Å². The first-order valence-corrected chi connectivity index (χ1v) is 11.3. The third-order valence-corrected chi connectivity index (χ3v) is 7.35. The van der Waals surface area contributed by atoms with E-state index in [1.54, 1.807) is 0 Å². The number of ketones is 2. The molecule has 0 radical (unpaired) electrons. The zero-order valence-corrected chi connectivity index (χ0v) is 16.3. The van der Waals surface area contributed by atoms with E-state index in [-0.39, 0.29) is 28.3 Å². The second-order valence-electron chi connectivity index (χ2n) is 7.92. The van der Waals surface area contributed by atoms with Crippen molar-refractivity contribution < 1.29 is 22.4 Å². The number of fused-ring (bicyclic) bond motifs is 2. The zero-order valence-electron chi connectivity index (χ0n) is 15.5. The molecule has 28 heavy (non-hydrogen) atoms. The van der Waals surface area contributed by atoms with E-state index in [0.29, 0.717) is 11.1 Å². The molecule has 146 valence electrons. The summed E-state index contributed by atoms with van der Waals surface area (Å²) in [5, 5.41) is 0. The summed E-state index contributed by atoms with van der Waals surface area (Å²) in [4.78, 5) is 26.5. The van der Waals surface area contributed by atoms with Crippen LogP contribution in [-0.4, -0.2) is 26.2 Å². The molecule has 0 spiro atoms. The summed E-state index contributed by atoms with van der Waals surface area (Å²) < 4.78 is 36.5. The van der Waals surface area contributed by atoms with E-state index in [4.69, 9.17) is 0 Å². The monoisotopic (exact) mass is 400 g/mol. The zero-order chi connectivity index (χ0) is 20.1. The van der Waals surface area contributed by atoms with E-state index < -0.39 is 27.5 Å². The standard InChI is InChI=1S/C22H21FO4S/c1-28(26,27)18-10-6-14(7-11-18)22(25)20-16-3-2-15(12-16)19(20)21(24)13-4-8-17(23)9-5-13/h4-11,15-16,19-20H,2-3,12H2,1H3. The molecule has 2 aromatic rings. The van der Waals surface area contributed by atoms with Gasteiger partial charge in [0.2, 0.25) is 0 Å². The van der Waals surface area contributed by atoms with Crippen molar-refractivity contribution in [3.63, 3.8) is 0 Å². The van der Waals surface area contributed by atoms with Crippen molar-refractivity contribution in [1.29, 1.82) is 0 Å². The Bertz CT molecular complexity index is 1030. The van der Waals surface area contributed by atoms with Gasteiger partial charge in [-0.15, -0.1) is 0 Å². The van der Waals surface area contributed by atoms with Gasteiger partial charge in [0.05, 0.1) is 4.90 Å². The number of rotatable bonds is 5. The van der Waals surface area contributed by atoms with Crippen LogP contribution in [0, 0.1) is 29.5 Å². The van der Waals surface area contributed by atoms with Crippen LogP contribution in [-0.2, 0) is 9.84 Å². The lowest BCUT2D eigenvalue weighted by molar-refractivity contribution is 0.0694. The molecule has 0 heterocycles. The van der Waals surface area contributed by atoms with Crippen LogP contribution >= 0.6 is 0 Å². The van der Waals surface area contributed by atoms with Crippen LogP contribution < -0.4 is 0 Å². The lowest BCUT2D eigenvalue weighted by Gasteiger charge is -2.29. The lowest BCUT2D eigenvalue weighted by atomic mass is 9.72. The van der Waals surface area contributed by atoms with Gasteiger partial charge < -0.3 is 0 Å². The molecule has 0 saturated heterocycles. The summed E-state index contributed by atoms with van der Waals surface area (Å²) in [5.41, 5.74) is 0.867. The fourth-order valence-corrected chi connectivity index (χ4v) is 5.54. The summed E-state index contributed by atoms with van der Waals surface area (Å²) in [5.74, 6) is -1.06. The number of carbonyl (C=O) groups excluding carboxylic acids is 2. The largest absolute Gasteiger partial charge is 0.294 e. The van der Waals surface area contributed by atoms with Gasteiger partial charge in [-0.1, -0.05) is 12.1 Å². The molecule has 0 amide bonds. The van der Waals surface area contributed by atoms with Gasteiger partial charge in [0.15, 0.2) is 21.4 Å². The van der Waals surface area contributed by atoms with Crippen molar-refractivity contribution in [2.75, 3.05) is 6.26 Å². The first-order chi connectivity index (χ1) is 13.3. The molecule has 6 heteroatoms. The summed E-state index contributed by atoms with van der Waals surface area (Å²) in [6, 6.07) is 11.4. The molecular formula is C22H21FO4S. The molecule has 4 atom stereocenters. The van der Waals surface area contributed by atoms with E-state index in [9.17, 15) is 22.4 Å². The first kappa shape index (κ1) is 19.0. The maximum Gasteiger partial charge on any atom is 0.175 e. The number of hydrogen-bond donors (Lipinski definition) is 0. The second kappa shape index (κ2) is 6.92. The molecule has 2 aliphatic carbocycles. The van der Waals surface area contributed by atoms with Crippen LogP contribution in [0.15, 0.2) is 53.4 Å². The molecule has 4 unspecified atom stereocenters. The van der Waals surface area contributed by atoms with Gasteiger partial charge in [-0.3, -0.25) is 9.59 Å². The van der Waals surface area contributed by atoms with Gasteiger partial charge in [-0.05, 0) is 67.5 Å². The normalized spacial score (nSPS) is 26.4. The minimum absolute atomic E-state index is 0.0988. The van der Waals surface area contributed by atoms with E-state index in [1.807, 2.05) is 0 Å². The summed E-state index contributed by atoms with van der Waals surface area (Å²) in [7, 11) is -3.33. The average molecular weight is 400 g/mol. The van der Waals surface area contributed by atoms with E-state index >= 15 is 0 Å². The van der Waals surface area contributed by atoms with Crippen LogP contribution in [0.25, 0.3) is 0 Å². The predicted octanol–water partition coefficient (Wildman–Crippen LogP) is 3.96. The minimum atomic E-state index is -3.33. The molecule has 4 nitrogen and oxygen atoms in total. The van der Waals surface area contributed by atoms with Crippen molar-refractivity contribution in [2.45, 2.75) is 24.2 Å². The molecule has 0 aromatic heterocycles. The number of sulfone groups is 1. The topological polar surface area (TPSA) is 68.3 Å². The molecule has 2 aliphatic rings. The molecule has 0 N–H and O–H groups in total. The molecule has 2 fully saturated rings. The summed E-state index contributed by atoms with van der Waals surface area (Å²) in [6.07, 6.45) is 3.83. The third kappa shape index (κ3) is 3.30. The Morgan fingerprint density at radius 1 is 0.821 bits per heavy atom. The van der Waals surface area contributed by atoms with Gasteiger partial charge in [0.25, 0.3) is 0 Å². The number of carbonyl (C=O) groups is 2. The fraction of sp³-hybridized carbons (Fsp3) is 0.364. The van der Waals surface area contributed by atoms with Crippen LogP contribution in [0.3, 0.4) is 0 Å². The van der Waals surface area contributed by atoms with Crippen molar-refractivity contribution >= 4 is 21.4 Å². The quantitative estimate of drug-likeness (QED) is 0.713. The molecule has 4 rings (SSSR count). The van der Waals surface area contributed by atoms with Gasteiger partial charge in [-0.25, -0.2) is 12.8 Å². The Morgan fingerprint density at radius 3 is 1.68 bits per heavy atom. The van der Waals surface area contributed by atoms with E-state index in [1.165, 1.54) is 48.5 Å². The fourth-order valence-electron chi connectivity index (χ4n) is 4.91. The van der Waals surface area contributed by atoms with Crippen molar-refractivity contribution in [3.8, 4) is 0 Å². The molecular weight excluding hydrogens is 379 g/mol. The highest BCUT2D eigenvalue weighted by molar-refractivity contribution is 7.90. The Kier molecular flexibility index (Phi) is 4.70. The number of Topliss-reactive ketones (excluding diaryl/α,β-unsaturated/α-hetero) is 2. The van der Waals surface area contributed by atoms with Gasteiger partial charge in [0.1, 0.15) is 5.82 Å². The smallest absolute Gasteiger partial charge is 0.175 e. The highest BCUT2D eigenvalue weighted by Gasteiger charge is 2.53.